The standard InChI is InChI=1S/C20H14N2O4/c23-20(16-10-5-2-6-11-16)26-21-19(15-8-3-1-4-9-15)17-12-7-13-18(14-17)22(24)25/h1-14H/b21-19-. The van der Waals surface area contributed by atoms with E-state index in [1.807, 2.05) is 6.07 Å². The van der Waals surface area contributed by atoms with E-state index in [-0.39, 0.29) is 5.69 Å². The van der Waals surface area contributed by atoms with E-state index in [1.54, 1.807) is 66.7 Å². The number of nitro groups is 1. The summed E-state index contributed by atoms with van der Waals surface area (Å²) in [6.07, 6.45) is 0. The van der Waals surface area contributed by atoms with Crippen molar-refractivity contribution in [1.82, 2.24) is 0 Å². The normalized spacial score (nSPS) is 11.0. The predicted molar refractivity (Wildman–Crippen MR) is 97.0 cm³/mol. The lowest BCUT2D eigenvalue weighted by molar-refractivity contribution is -0.384. The van der Waals surface area contributed by atoms with Crippen molar-refractivity contribution in [2.45, 2.75) is 0 Å². The van der Waals surface area contributed by atoms with Gasteiger partial charge in [-0.3, -0.25) is 10.1 Å². The van der Waals surface area contributed by atoms with Crippen molar-refractivity contribution in [2.75, 3.05) is 0 Å². The van der Waals surface area contributed by atoms with E-state index in [4.69, 9.17) is 4.84 Å². The maximum atomic E-state index is 12.1. The van der Waals surface area contributed by atoms with E-state index < -0.39 is 10.9 Å². The molecule has 6 nitrogen and oxygen atoms in total. The Morgan fingerprint density at radius 1 is 0.808 bits per heavy atom. The summed E-state index contributed by atoms with van der Waals surface area (Å²) in [6, 6.07) is 23.5. The van der Waals surface area contributed by atoms with Gasteiger partial charge in [-0.15, -0.1) is 0 Å². The van der Waals surface area contributed by atoms with Crippen molar-refractivity contribution in [1.29, 1.82) is 0 Å². The average Bonchev–Trinajstić information content (AvgIpc) is 2.69. The lowest BCUT2D eigenvalue weighted by atomic mass is 10.0. The zero-order valence-electron chi connectivity index (χ0n) is 13.6. The summed E-state index contributed by atoms with van der Waals surface area (Å²) in [6.45, 7) is 0. The lowest BCUT2D eigenvalue weighted by Crippen LogP contribution is -2.08. The molecule has 0 fully saturated rings. The molecule has 0 aliphatic heterocycles. The molecule has 0 saturated carbocycles. The molecule has 26 heavy (non-hydrogen) atoms. The molecule has 0 bridgehead atoms. The third-order valence-corrected chi connectivity index (χ3v) is 3.61. The highest BCUT2D eigenvalue weighted by Crippen LogP contribution is 2.18. The Morgan fingerprint density at radius 2 is 1.38 bits per heavy atom. The van der Waals surface area contributed by atoms with Gasteiger partial charge in [-0.05, 0) is 12.1 Å². The smallest absolute Gasteiger partial charge is 0.312 e. The van der Waals surface area contributed by atoms with Gasteiger partial charge in [0.15, 0.2) is 0 Å². The Balaban J connectivity index is 1.98. The molecule has 0 unspecified atom stereocenters. The van der Waals surface area contributed by atoms with Crippen LogP contribution in [0.5, 0.6) is 0 Å². The van der Waals surface area contributed by atoms with Gasteiger partial charge in [0.2, 0.25) is 0 Å². The van der Waals surface area contributed by atoms with Gasteiger partial charge in [0.05, 0.1) is 10.5 Å². The van der Waals surface area contributed by atoms with Crippen LogP contribution < -0.4 is 0 Å². The third-order valence-electron chi connectivity index (χ3n) is 3.61. The van der Waals surface area contributed by atoms with Crippen molar-refractivity contribution in [3.8, 4) is 0 Å². The van der Waals surface area contributed by atoms with Crippen molar-refractivity contribution in [2.24, 2.45) is 5.16 Å². The Morgan fingerprint density at radius 3 is 2.00 bits per heavy atom. The highest BCUT2D eigenvalue weighted by molar-refractivity contribution is 6.13. The maximum Gasteiger partial charge on any atom is 0.365 e. The minimum Gasteiger partial charge on any atom is -0.312 e. The summed E-state index contributed by atoms with van der Waals surface area (Å²) < 4.78 is 0. The van der Waals surface area contributed by atoms with Crippen LogP contribution in [0.25, 0.3) is 0 Å². The lowest BCUT2D eigenvalue weighted by Gasteiger charge is -2.07. The third kappa shape index (κ3) is 3.99. The van der Waals surface area contributed by atoms with Gasteiger partial charge in [-0.25, -0.2) is 4.79 Å². The van der Waals surface area contributed by atoms with E-state index in [0.29, 0.717) is 22.4 Å². The summed E-state index contributed by atoms with van der Waals surface area (Å²) in [5, 5.41) is 15.0. The highest BCUT2D eigenvalue weighted by atomic mass is 16.7. The van der Waals surface area contributed by atoms with Crippen LogP contribution in [0, 0.1) is 10.1 Å². The van der Waals surface area contributed by atoms with Crippen LogP contribution >= 0.6 is 0 Å². The second kappa shape index (κ2) is 7.85. The SMILES string of the molecule is O=C(O/N=C(/c1ccccc1)c1cccc([N+](=O)[O-])c1)c1ccccc1. The second-order valence-corrected chi connectivity index (χ2v) is 5.36. The molecule has 0 amide bonds. The molecule has 3 aromatic rings. The molecule has 3 aromatic carbocycles. The first-order chi connectivity index (χ1) is 12.6. The molecular weight excluding hydrogens is 332 g/mol. The number of hydrogen-bond acceptors (Lipinski definition) is 5. The van der Waals surface area contributed by atoms with Gasteiger partial charge >= 0.3 is 5.97 Å². The summed E-state index contributed by atoms with van der Waals surface area (Å²) in [7, 11) is 0. The molecule has 0 spiro atoms. The topological polar surface area (TPSA) is 81.8 Å². The van der Waals surface area contributed by atoms with Gasteiger partial charge in [0, 0.05) is 23.3 Å². The van der Waals surface area contributed by atoms with E-state index in [2.05, 4.69) is 5.16 Å². The molecule has 128 valence electrons. The number of nitro benzene ring substituents is 1. The first-order valence-electron chi connectivity index (χ1n) is 7.80. The molecule has 0 radical (unpaired) electrons. The molecule has 6 heteroatoms. The van der Waals surface area contributed by atoms with E-state index in [0.717, 1.165) is 0 Å². The molecular formula is C20H14N2O4. The summed E-state index contributed by atoms with van der Waals surface area (Å²) in [4.78, 5) is 27.8. The highest BCUT2D eigenvalue weighted by Gasteiger charge is 2.14. The van der Waals surface area contributed by atoms with Crippen LogP contribution in [-0.2, 0) is 4.84 Å². The van der Waals surface area contributed by atoms with Crippen molar-refractivity contribution >= 4 is 17.4 Å². The fraction of sp³-hybridized carbons (Fsp3) is 0. The van der Waals surface area contributed by atoms with Crippen molar-refractivity contribution in [3.63, 3.8) is 0 Å². The molecule has 0 saturated heterocycles. The molecule has 0 atom stereocenters. The minimum atomic E-state index is -0.607. The quantitative estimate of drug-likeness (QED) is 0.300. The number of carbonyl (C=O) groups is 1. The average molecular weight is 346 g/mol. The monoisotopic (exact) mass is 346 g/mol. The molecule has 0 aromatic heterocycles. The minimum absolute atomic E-state index is 0.0690. The summed E-state index contributed by atoms with van der Waals surface area (Å²) >= 11 is 0. The van der Waals surface area contributed by atoms with Crippen LogP contribution in [-0.4, -0.2) is 16.6 Å². The number of carbonyl (C=O) groups excluding carboxylic acids is 1. The van der Waals surface area contributed by atoms with Crippen LogP contribution in [0.2, 0.25) is 0 Å². The second-order valence-electron chi connectivity index (χ2n) is 5.36. The van der Waals surface area contributed by atoms with Crippen molar-refractivity contribution in [3.05, 3.63) is 112 Å². The number of non-ortho nitro benzene ring substituents is 1. The Bertz CT molecular complexity index is 954. The molecule has 0 N–H and O–H groups in total. The van der Waals surface area contributed by atoms with E-state index in [9.17, 15) is 14.9 Å². The van der Waals surface area contributed by atoms with Gasteiger partial charge in [-0.2, -0.15) is 0 Å². The predicted octanol–water partition coefficient (Wildman–Crippen LogP) is 4.20. The first kappa shape index (κ1) is 17.0. The molecule has 0 aliphatic rings. The summed E-state index contributed by atoms with van der Waals surface area (Å²) in [5.74, 6) is -0.607. The Labute approximate surface area is 149 Å². The largest absolute Gasteiger partial charge is 0.365 e. The van der Waals surface area contributed by atoms with Crippen LogP contribution in [0.4, 0.5) is 5.69 Å². The number of rotatable bonds is 5. The summed E-state index contributed by atoms with van der Waals surface area (Å²) in [5.41, 5.74) is 1.78. The first-order valence-corrected chi connectivity index (χ1v) is 7.80. The van der Waals surface area contributed by atoms with Gasteiger partial charge in [0.25, 0.3) is 5.69 Å². The fourth-order valence-corrected chi connectivity index (χ4v) is 2.35. The van der Waals surface area contributed by atoms with Crippen LogP contribution in [0.3, 0.4) is 0 Å². The number of benzene rings is 3. The number of oxime groups is 1. The zero-order chi connectivity index (χ0) is 18.4. The van der Waals surface area contributed by atoms with Gasteiger partial charge in [0.1, 0.15) is 5.71 Å². The van der Waals surface area contributed by atoms with Crippen LogP contribution in [0.1, 0.15) is 21.5 Å². The number of hydrogen-bond donors (Lipinski definition) is 0. The van der Waals surface area contributed by atoms with Crippen molar-refractivity contribution < 1.29 is 14.6 Å². The van der Waals surface area contributed by atoms with E-state index in [1.165, 1.54) is 12.1 Å². The zero-order valence-corrected chi connectivity index (χ0v) is 13.6. The Kier molecular flexibility index (Phi) is 5.14. The Hall–Kier alpha value is -3.80. The maximum absolute atomic E-state index is 12.1. The fourth-order valence-electron chi connectivity index (χ4n) is 2.35. The van der Waals surface area contributed by atoms with Gasteiger partial charge in [-0.1, -0.05) is 65.8 Å². The molecule has 0 aliphatic carbocycles. The van der Waals surface area contributed by atoms with Crippen LogP contribution in [0.15, 0.2) is 90.1 Å². The molecule has 0 heterocycles. The van der Waals surface area contributed by atoms with E-state index >= 15 is 0 Å². The molecule has 3 rings (SSSR count). The van der Waals surface area contributed by atoms with Gasteiger partial charge < -0.3 is 4.84 Å². The number of nitrogens with zero attached hydrogens (tertiary/aromatic N) is 2.